The number of hydrogen-bond donors (Lipinski definition) is 2. The number of rotatable bonds is 7. The predicted octanol–water partition coefficient (Wildman–Crippen LogP) is 1.99. The molecule has 2 atom stereocenters. The van der Waals surface area contributed by atoms with E-state index in [1.54, 1.807) is 0 Å². The highest BCUT2D eigenvalue weighted by molar-refractivity contribution is 7.99. The molecule has 1 rings (SSSR count). The van der Waals surface area contributed by atoms with Crippen LogP contribution >= 0.6 is 11.8 Å². The molecular weight excluding hydrogens is 192 g/mol. The first kappa shape index (κ1) is 12.3. The van der Waals surface area contributed by atoms with Gasteiger partial charge in [0, 0.05) is 17.8 Å². The lowest BCUT2D eigenvalue weighted by Crippen LogP contribution is -2.22. The van der Waals surface area contributed by atoms with E-state index in [-0.39, 0.29) is 0 Å². The van der Waals surface area contributed by atoms with Gasteiger partial charge in [0.25, 0.3) is 0 Å². The summed E-state index contributed by atoms with van der Waals surface area (Å²) in [5.74, 6) is 2.42. The minimum atomic E-state index is 0.407. The lowest BCUT2D eigenvalue weighted by Gasteiger charge is -2.10. The van der Waals surface area contributed by atoms with E-state index in [1.807, 2.05) is 11.8 Å². The molecule has 2 unspecified atom stereocenters. The summed E-state index contributed by atoms with van der Waals surface area (Å²) in [5, 5.41) is 3.53. The molecule has 14 heavy (non-hydrogen) atoms. The molecular formula is C11H24N2S. The molecule has 0 saturated carbocycles. The Labute approximate surface area is 92.4 Å². The van der Waals surface area contributed by atoms with Crippen molar-refractivity contribution >= 4 is 11.8 Å². The molecule has 0 aromatic heterocycles. The fourth-order valence-electron chi connectivity index (χ4n) is 1.79. The third-order valence-electron chi connectivity index (χ3n) is 2.86. The van der Waals surface area contributed by atoms with Crippen molar-refractivity contribution in [3.8, 4) is 0 Å². The van der Waals surface area contributed by atoms with Crippen LogP contribution in [0.1, 0.15) is 39.0 Å². The van der Waals surface area contributed by atoms with Crippen molar-refractivity contribution in [3.05, 3.63) is 0 Å². The monoisotopic (exact) mass is 216 g/mol. The van der Waals surface area contributed by atoms with E-state index in [9.17, 15) is 0 Å². The predicted molar refractivity (Wildman–Crippen MR) is 65.9 cm³/mol. The topological polar surface area (TPSA) is 38.0 Å². The van der Waals surface area contributed by atoms with Crippen molar-refractivity contribution in [2.24, 2.45) is 5.73 Å². The molecule has 0 spiro atoms. The first-order chi connectivity index (χ1) is 6.83. The molecule has 0 aromatic carbocycles. The van der Waals surface area contributed by atoms with E-state index in [4.69, 9.17) is 5.73 Å². The molecule has 1 aliphatic heterocycles. The third kappa shape index (κ3) is 5.23. The minimum Gasteiger partial charge on any atom is -0.327 e. The summed E-state index contributed by atoms with van der Waals surface area (Å²) in [7, 11) is 0. The van der Waals surface area contributed by atoms with Crippen LogP contribution in [0.2, 0.25) is 0 Å². The highest BCUT2D eigenvalue weighted by Gasteiger charge is 2.12. The Bertz CT molecular complexity index is 135. The van der Waals surface area contributed by atoms with Gasteiger partial charge in [-0.3, -0.25) is 0 Å². The van der Waals surface area contributed by atoms with Gasteiger partial charge >= 0.3 is 0 Å². The Hall–Kier alpha value is 0.270. The second-order valence-corrected chi connectivity index (χ2v) is 5.33. The van der Waals surface area contributed by atoms with Gasteiger partial charge < -0.3 is 11.1 Å². The second-order valence-electron chi connectivity index (χ2n) is 4.18. The van der Waals surface area contributed by atoms with Crippen molar-refractivity contribution < 1.29 is 0 Å². The van der Waals surface area contributed by atoms with Crippen molar-refractivity contribution in [2.45, 2.75) is 51.1 Å². The zero-order chi connectivity index (χ0) is 10.2. The maximum absolute atomic E-state index is 5.84. The van der Waals surface area contributed by atoms with Crippen LogP contribution < -0.4 is 11.1 Å². The third-order valence-corrected chi connectivity index (χ3v) is 4.10. The SMILES string of the molecule is CCC(N)CSCCCC1CCCN1. The Morgan fingerprint density at radius 3 is 3.07 bits per heavy atom. The summed E-state index contributed by atoms with van der Waals surface area (Å²) in [4.78, 5) is 0. The smallest absolute Gasteiger partial charge is 0.0127 e. The van der Waals surface area contributed by atoms with E-state index in [1.165, 1.54) is 38.0 Å². The molecule has 0 radical (unpaired) electrons. The lowest BCUT2D eigenvalue weighted by atomic mass is 10.1. The van der Waals surface area contributed by atoms with Gasteiger partial charge in [-0.2, -0.15) is 11.8 Å². The Morgan fingerprint density at radius 1 is 1.57 bits per heavy atom. The van der Waals surface area contributed by atoms with Gasteiger partial charge in [0.05, 0.1) is 0 Å². The zero-order valence-corrected chi connectivity index (χ0v) is 10.1. The maximum Gasteiger partial charge on any atom is 0.0127 e. The van der Waals surface area contributed by atoms with Crippen LogP contribution in [0, 0.1) is 0 Å². The summed E-state index contributed by atoms with van der Waals surface area (Å²) in [6, 6.07) is 1.22. The van der Waals surface area contributed by atoms with Crippen LogP contribution in [-0.4, -0.2) is 30.1 Å². The summed E-state index contributed by atoms with van der Waals surface area (Å²) >= 11 is 2.02. The van der Waals surface area contributed by atoms with Gasteiger partial charge in [0.2, 0.25) is 0 Å². The van der Waals surface area contributed by atoms with Gasteiger partial charge in [-0.15, -0.1) is 0 Å². The van der Waals surface area contributed by atoms with E-state index < -0.39 is 0 Å². The van der Waals surface area contributed by atoms with Crippen molar-refractivity contribution in [1.29, 1.82) is 0 Å². The van der Waals surface area contributed by atoms with Crippen LogP contribution in [0.5, 0.6) is 0 Å². The molecule has 1 heterocycles. The molecule has 0 amide bonds. The number of nitrogens with one attached hydrogen (secondary N) is 1. The molecule has 84 valence electrons. The lowest BCUT2D eigenvalue weighted by molar-refractivity contribution is 0.553. The number of thioether (sulfide) groups is 1. The van der Waals surface area contributed by atoms with Crippen molar-refractivity contribution in [1.82, 2.24) is 5.32 Å². The van der Waals surface area contributed by atoms with Gasteiger partial charge in [0.1, 0.15) is 0 Å². The first-order valence-corrected chi connectivity index (χ1v) is 7.05. The molecule has 0 aliphatic carbocycles. The summed E-state index contributed by atoms with van der Waals surface area (Å²) in [6.45, 7) is 3.40. The summed E-state index contributed by atoms with van der Waals surface area (Å²) in [6.07, 6.45) is 6.57. The average molecular weight is 216 g/mol. The van der Waals surface area contributed by atoms with Crippen LogP contribution in [0.15, 0.2) is 0 Å². The molecule has 1 saturated heterocycles. The van der Waals surface area contributed by atoms with Gasteiger partial charge in [-0.05, 0) is 44.4 Å². The van der Waals surface area contributed by atoms with Gasteiger partial charge in [0.15, 0.2) is 0 Å². The largest absolute Gasteiger partial charge is 0.327 e. The first-order valence-electron chi connectivity index (χ1n) is 5.89. The Morgan fingerprint density at radius 2 is 2.43 bits per heavy atom. The van der Waals surface area contributed by atoms with E-state index in [0.717, 1.165) is 18.2 Å². The van der Waals surface area contributed by atoms with Gasteiger partial charge in [-0.25, -0.2) is 0 Å². The zero-order valence-electron chi connectivity index (χ0n) is 9.30. The minimum absolute atomic E-state index is 0.407. The van der Waals surface area contributed by atoms with Crippen LogP contribution in [0.4, 0.5) is 0 Å². The molecule has 2 nitrogen and oxygen atoms in total. The maximum atomic E-state index is 5.84. The van der Waals surface area contributed by atoms with Gasteiger partial charge in [-0.1, -0.05) is 6.92 Å². The van der Waals surface area contributed by atoms with Crippen LogP contribution in [0.3, 0.4) is 0 Å². The quantitative estimate of drug-likeness (QED) is 0.639. The Kier molecular flexibility index (Phi) is 6.65. The summed E-state index contributed by atoms with van der Waals surface area (Å²) in [5.41, 5.74) is 5.84. The van der Waals surface area contributed by atoms with Crippen molar-refractivity contribution in [3.63, 3.8) is 0 Å². The van der Waals surface area contributed by atoms with E-state index in [2.05, 4.69) is 12.2 Å². The molecule has 1 fully saturated rings. The highest BCUT2D eigenvalue weighted by Crippen LogP contribution is 2.13. The average Bonchev–Trinajstić information content (AvgIpc) is 2.69. The van der Waals surface area contributed by atoms with Crippen LogP contribution in [-0.2, 0) is 0 Å². The van der Waals surface area contributed by atoms with Crippen LogP contribution in [0.25, 0.3) is 0 Å². The Balaban J connectivity index is 1.84. The normalized spacial score (nSPS) is 24.0. The fourth-order valence-corrected chi connectivity index (χ4v) is 2.86. The molecule has 0 bridgehead atoms. The molecule has 3 heteroatoms. The highest BCUT2D eigenvalue weighted by atomic mass is 32.2. The molecule has 0 aromatic rings. The number of nitrogens with two attached hydrogens (primary N) is 1. The standard InChI is InChI=1S/C11H24N2S/c1-2-10(12)9-14-8-4-6-11-5-3-7-13-11/h10-11,13H,2-9,12H2,1H3. The number of hydrogen-bond acceptors (Lipinski definition) is 3. The van der Waals surface area contributed by atoms with E-state index in [0.29, 0.717) is 6.04 Å². The summed E-state index contributed by atoms with van der Waals surface area (Å²) < 4.78 is 0. The van der Waals surface area contributed by atoms with E-state index >= 15 is 0 Å². The fraction of sp³-hybridized carbons (Fsp3) is 1.00. The molecule has 3 N–H and O–H groups in total. The molecule has 1 aliphatic rings. The second kappa shape index (κ2) is 7.55. The van der Waals surface area contributed by atoms with Crippen molar-refractivity contribution in [2.75, 3.05) is 18.1 Å².